The molecule has 0 spiro atoms. The minimum atomic E-state index is -1.21. The third-order valence-electron chi connectivity index (χ3n) is 6.15. The van der Waals surface area contributed by atoms with Gasteiger partial charge in [0.15, 0.2) is 23.2 Å². The van der Waals surface area contributed by atoms with E-state index in [0.29, 0.717) is 17.0 Å². The van der Waals surface area contributed by atoms with Gasteiger partial charge in [-0.2, -0.15) is 0 Å². The fourth-order valence-electron chi connectivity index (χ4n) is 4.57. The van der Waals surface area contributed by atoms with Crippen molar-refractivity contribution in [2.45, 2.75) is 49.8 Å². The molecule has 0 amide bonds. The van der Waals surface area contributed by atoms with Gasteiger partial charge in [0.2, 0.25) is 0 Å². The number of hydrogen-bond acceptors (Lipinski definition) is 9. The smallest absolute Gasteiger partial charge is 0.167 e. The number of benzene rings is 1. The Morgan fingerprint density at radius 1 is 1.23 bits per heavy atom. The molecule has 1 aliphatic heterocycles. The maximum atomic E-state index is 10.4. The number of rotatable bonds is 5. The molecule has 5 rings (SSSR count). The minimum Gasteiger partial charge on any atom is -0.496 e. The first-order chi connectivity index (χ1) is 15.1. The van der Waals surface area contributed by atoms with Gasteiger partial charge in [0, 0.05) is 0 Å². The van der Waals surface area contributed by atoms with Gasteiger partial charge in [-0.05, 0) is 36.5 Å². The Labute approximate surface area is 178 Å². The van der Waals surface area contributed by atoms with Crippen molar-refractivity contribution in [3.05, 3.63) is 42.0 Å². The number of fused-ring (bicyclic) bond motifs is 2. The summed E-state index contributed by atoms with van der Waals surface area (Å²) in [4.78, 5) is 13.2. The summed E-state index contributed by atoms with van der Waals surface area (Å²) >= 11 is 0. The van der Waals surface area contributed by atoms with Crippen LogP contribution in [0.4, 0.5) is 5.82 Å². The Kier molecular flexibility index (Phi) is 5.22. The lowest BCUT2D eigenvalue weighted by atomic mass is 9.87. The van der Waals surface area contributed by atoms with E-state index in [2.05, 4.69) is 26.3 Å². The van der Waals surface area contributed by atoms with Crippen LogP contribution in [0.15, 0.2) is 30.9 Å². The van der Waals surface area contributed by atoms with Crippen LogP contribution in [0.1, 0.15) is 36.2 Å². The summed E-state index contributed by atoms with van der Waals surface area (Å²) in [7, 11) is 1.69. The number of aromatic nitrogens is 4. The Balaban J connectivity index is 1.47. The molecule has 31 heavy (non-hydrogen) atoms. The Hall–Kier alpha value is -2.79. The number of aliphatic hydroxyl groups is 3. The van der Waals surface area contributed by atoms with Gasteiger partial charge in [-0.3, -0.25) is 4.57 Å². The zero-order valence-electron chi connectivity index (χ0n) is 17.0. The highest BCUT2D eigenvalue weighted by Crippen LogP contribution is 2.38. The minimum absolute atomic E-state index is 0.0519. The van der Waals surface area contributed by atoms with Crippen LogP contribution in [0.2, 0.25) is 0 Å². The van der Waals surface area contributed by atoms with Crippen LogP contribution < -0.4 is 10.1 Å². The monoisotopic (exact) mass is 427 g/mol. The number of nitrogens with one attached hydrogen (secondary N) is 1. The van der Waals surface area contributed by atoms with Crippen molar-refractivity contribution in [2.24, 2.45) is 0 Å². The van der Waals surface area contributed by atoms with Crippen molar-refractivity contribution in [1.29, 1.82) is 0 Å². The molecule has 3 heterocycles. The average molecular weight is 427 g/mol. The maximum absolute atomic E-state index is 10.4. The van der Waals surface area contributed by atoms with E-state index in [0.717, 1.165) is 25.0 Å². The fourth-order valence-corrected chi connectivity index (χ4v) is 4.57. The van der Waals surface area contributed by atoms with Crippen molar-refractivity contribution >= 4 is 17.0 Å². The molecule has 0 saturated carbocycles. The Morgan fingerprint density at radius 3 is 2.87 bits per heavy atom. The molecular formula is C21H25N5O5. The summed E-state index contributed by atoms with van der Waals surface area (Å²) in [5.74, 6) is 1.47. The summed E-state index contributed by atoms with van der Waals surface area (Å²) in [6.45, 7) is -0.395. The van der Waals surface area contributed by atoms with E-state index in [1.54, 1.807) is 11.7 Å². The molecule has 10 nitrogen and oxygen atoms in total. The van der Waals surface area contributed by atoms with Gasteiger partial charge in [-0.1, -0.05) is 12.1 Å². The highest BCUT2D eigenvalue weighted by atomic mass is 16.6. The molecule has 1 saturated heterocycles. The number of hydrogen-bond donors (Lipinski definition) is 4. The molecule has 2 aromatic heterocycles. The van der Waals surface area contributed by atoms with E-state index in [4.69, 9.17) is 9.47 Å². The lowest BCUT2D eigenvalue weighted by Gasteiger charge is -2.28. The number of ether oxygens (including phenoxy) is 2. The van der Waals surface area contributed by atoms with E-state index >= 15 is 0 Å². The summed E-state index contributed by atoms with van der Waals surface area (Å²) in [5.41, 5.74) is 3.39. The third-order valence-corrected chi connectivity index (χ3v) is 6.15. The zero-order chi connectivity index (χ0) is 21.5. The second-order valence-electron chi connectivity index (χ2n) is 7.89. The molecule has 1 unspecified atom stereocenters. The lowest BCUT2D eigenvalue weighted by Crippen LogP contribution is -2.33. The van der Waals surface area contributed by atoms with Crippen molar-refractivity contribution in [3.63, 3.8) is 0 Å². The summed E-state index contributed by atoms with van der Waals surface area (Å²) in [6, 6.07) is 6.12. The predicted octanol–water partition coefficient (Wildman–Crippen LogP) is 0.936. The van der Waals surface area contributed by atoms with Gasteiger partial charge in [0.25, 0.3) is 0 Å². The standard InChI is InChI=1S/C21H25N5O5/c1-30-14-7-3-4-11-12(14)5-2-6-13(11)25-19-16-20(23-9-22-19)26(10-24-16)21-18(29)17(28)15(8-27)31-21/h3-4,7,9-10,13,15,17-18,21,27-29H,2,5-6,8H2,1H3,(H,22,23,25)/t13?,15-,17-,18-,21-/m1/s1. The molecule has 10 heteroatoms. The molecule has 0 bridgehead atoms. The van der Waals surface area contributed by atoms with Gasteiger partial charge in [-0.25, -0.2) is 15.0 Å². The van der Waals surface area contributed by atoms with Gasteiger partial charge >= 0.3 is 0 Å². The largest absolute Gasteiger partial charge is 0.496 e. The first-order valence-corrected chi connectivity index (χ1v) is 10.3. The Bertz CT molecular complexity index is 1090. The van der Waals surface area contributed by atoms with Gasteiger partial charge in [0.05, 0.1) is 26.1 Å². The first-order valence-electron chi connectivity index (χ1n) is 10.3. The van der Waals surface area contributed by atoms with Crippen LogP contribution in [0, 0.1) is 0 Å². The van der Waals surface area contributed by atoms with E-state index < -0.39 is 31.1 Å². The number of imidazole rings is 1. The summed E-state index contributed by atoms with van der Waals surface area (Å²) < 4.78 is 12.7. The number of aliphatic hydroxyl groups excluding tert-OH is 3. The highest BCUT2D eigenvalue weighted by molar-refractivity contribution is 5.83. The molecule has 164 valence electrons. The molecule has 2 aliphatic rings. The average Bonchev–Trinajstić information content (AvgIpc) is 3.35. The van der Waals surface area contributed by atoms with Crippen LogP contribution in [-0.4, -0.2) is 66.9 Å². The fraction of sp³-hybridized carbons (Fsp3) is 0.476. The number of anilines is 1. The van der Waals surface area contributed by atoms with Gasteiger partial charge < -0.3 is 30.1 Å². The molecule has 0 radical (unpaired) electrons. The van der Waals surface area contributed by atoms with E-state index in [1.165, 1.54) is 23.8 Å². The number of nitrogens with zero attached hydrogens (tertiary/aromatic N) is 4. The van der Waals surface area contributed by atoms with Crippen molar-refractivity contribution in [1.82, 2.24) is 19.5 Å². The molecule has 1 aliphatic carbocycles. The number of methoxy groups -OCH3 is 1. The molecular weight excluding hydrogens is 402 g/mol. The molecule has 1 fully saturated rings. The molecule has 1 aromatic carbocycles. The van der Waals surface area contributed by atoms with Crippen molar-refractivity contribution in [3.8, 4) is 5.75 Å². The molecule has 3 aromatic rings. The quantitative estimate of drug-likeness (QED) is 0.469. The summed E-state index contributed by atoms with van der Waals surface area (Å²) in [5, 5.41) is 33.3. The topological polar surface area (TPSA) is 135 Å². The lowest BCUT2D eigenvalue weighted by molar-refractivity contribution is -0.0511. The van der Waals surface area contributed by atoms with Crippen molar-refractivity contribution in [2.75, 3.05) is 19.0 Å². The predicted molar refractivity (Wildman–Crippen MR) is 111 cm³/mol. The van der Waals surface area contributed by atoms with Gasteiger partial charge in [0.1, 0.15) is 30.4 Å². The maximum Gasteiger partial charge on any atom is 0.167 e. The third kappa shape index (κ3) is 3.32. The summed E-state index contributed by atoms with van der Waals surface area (Å²) in [6.07, 6.45) is 1.69. The Morgan fingerprint density at radius 2 is 2.10 bits per heavy atom. The molecule has 5 atom stereocenters. The normalized spacial score (nSPS) is 27.9. The van der Waals surface area contributed by atoms with Gasteiger partial charge in [-0.15, -0.1) is 0 Å². The van der Waals surface area contributed by atoms with E-state index in [9.17, 15) is 15.3 Å². The van der Waals surface area contributed by atoms with Crippen molar-refractivity contribution < 1.29 is 24.8 Å². The second-order valence-corrected chi connectivity index (χ2v) is 7.89. The van der Waals surface area contributed by atoms with Crippen LogP contribution >= 0.6 is 0 Å². The highest BCUT2D eigenvalue weighted by Gasteiger charge is 2.44. The van der Waals surface area contributed by atoms with Crippen LogP contribution in [0.3, 0.4) is 0 Å². The SMILES string of the molecule is COc1cccc2c1CCCC2Nc1ncnc2c1ncn2[C@@H]1O[C@H](CO)[C@@H](O)[C@H]1O. The van der Waals surface area contributed by atoms with E-state index in [-0.39, 0.29) is 6.04 Å². The zero-order valence-corrected chi connectivity index (χ0v) is 17.0. The van der Waals surface area contributed by atoms with E-state index in [1.807, 2.05) is 12.1 Å². The molecule has 4 N–H and O–H groups in total. The second kappa shape index (κ2) is 8.04. The van der Waals surface area contributed by atoms with Crippen LogP contribution in [0.25, 0.3) is 11.2 Å². The van der Waals surface area contributed by atoms with Crippen LogP contribution in [0.5, 0.6) is 5.75 Å². The van der Waals surface area contributed by atoms with Crippen LogP contribution in [-0.2, 0) is 11.2 Å². The first kappa shape index (κ1) is 20.1.